The van der Waals surface area contributed by atoms with Crippen molar-refractivity contribution in [1.29, 1.82) is 0 Å². The Morgan fingerprint density at radius 2 is 1.84 bits per heavy atom. The van der Waals surface area contributed by atoms with Crippen LogP contribution in [0.3, 0.4) is 0 Å². The summed E-state index contributed by atoms with van der Waals surface area (Å²) in [4.78, 5) is 0. The van der Waals surface area contributed by atoms with Gasteiger partial charge < -0.3 is 9.30 Å². The second-order valence-corrected chi connectivity index (χ2v) is 4.93. The molecule has 1 fully saturated rings. The van der Waals surface area contributed by atoms with E-state index in [9.17, 15) is 13.2 Å². The third kappa shape index (κ3) is 2.55. The highest BCUT2D eigenvalue weighted by Gasteiger charge is 2.31. The third-order valence-corrected chi connectivity index (χ3v) is 3.65. The van der Waals surface area contributed by atoms with E-state index in [1.807, 2.05) is 12.3 Å². The van der Waals surface area contributed by atoms with Crippen molar-refractivity contribution in [2.24, 2.45) is 0 Å². The minimum atomic E-state index is -4.64. The topological polar surface area (TPSA) is 14.2 Å². The molecule has 1 aliphatic rings. The van der Waals surface area contributed by atoms with Crippen molar-refractivity contribution in [3.05, 3.63) is 30.5 Å². The molecule has 0 N–H and O–H groups in total. The number of hydrogen-bond acceptors (Lipinski definition) is 1. The van der Waals surface area contributed by atoms with Crippen LogP contribution in [0.25, 0.3) is 10.9 Å². The molecule has 0 saturated heterocycles. The molecule has 0 spiro atoms. The molecule has 1 aromatic carbocycles. The zero-order chi connectivity index (χ0) is 13.5. The van der Waals surface area contributed by atoms with Crippen LogP contribution in [0.1, 0.15) is 31.7 Å². The van der Waals surface area contributed by atoms with Gasteiger partial charge in [-0.05, 0) is 36.4 Å². The Morgan fingerprint density at radius 3 is 2.53 bits per heavy atom. The van der Waals surface area contributed by atoms with Crippen molar-refractivity contribution in [3.8, 4) is 5.75 Å². The summed E-state index contributed by atoms with van der Waals surface area (Å²) >= 11 is 0. The van der Waals surface area contributed by atoms with E-state index in [2.05, 4.69) is 9.30 Å². The number of hydrogen-bond donors (Lipinski definition) is 0. The zero-order valence-corrected chi connectivity index (χ0v) is 10.3. The van der Waals surface area contributed by atoms with E-state index in [1.165, 1.54) is 25.0 Å². The van der Waals surface area contributed by atoms with Crippen molar-refractivity contribution in [1.82, 2.24) is 4.57 Å². The summed E-state index contributed by atoms with van der Waals surface area (Å²) in [5.74, 6) is -0.155. The van der Waals surface area contributed by atoms with Crippen LogP contribution in [0.5, 0.6) is 5.75 Å². The molecule has 1 aromatic heterocycles. The molecule has 2 aromatic rings. The first-order valence-electron chi connectivity index (χ1n) is 6.39. The molecule has 1 saturated carbocycles. The van der Waals surface area contributed by atoms with Crippen LogP contribution in [0.15, 0.2) is 30.5 Å². The van der Waals surface area contributed by atoms with E-state index in [1.54, 1.807) is 6.07 Å². The highest BCUT2D eigenvalue weighted by Crippen LogP contribution is 2.34. The summed E-state index contributed by atoms with van der Waals surface area (Å²) in [6, 6.07) is 6.83. The minimum absolute atomic E-state index is 0.155. The maximum Gasteiger partial charge on any atom is 0.573 e. The fourth-order valence-corrected chi connectivity index (χ4v) is 2.83. The second-order valence-electron chi connectivity index (χ2n) is 4.93. The Kier molecular flexibility index (Phi) is 2.92. The maximum absolute atomic E-state index is 12.2. The van der Waals surface area contributed by atoms with Crippen LogP contribution in [0.2, 0.25) is 0 Å². The number of ether oxygens (including phenoxy) is 1. The first-order valence-corrected chi connectivity index (χ1v) is 6.39. The van der Waals surface area contributed by atoms with Crippen LogP contribution >= 0.6 is 0 Å². The van der Waals surface area contributed by atoms with Crippen LogP contribution in [-0.2, 0) is 0 Å². The Bertz CT molecular complexity index is 582. The lowest BCUT2D eigenvalue weighted by Gasteiger charge is -2.14. The van der Waals surface area contributed by atoms with Crippen molar-refractivity contribution >= 4 is 10.9 Å². The summed E-state index contributed by atoms with van der Waals surface area (Å²) in [6.45, 7) is 0. The number of rotatable bonds is 2. The number of fused-ring (bicyclic) bond motifs is 1. The predicted molar refractivity (Wildman–Crippen MR) is 66.1 cm³/mol. The van der Waals surface area contributed by atoms with Gasteiger partial charge in [-0.1, -0.05) is 12.8 Å². The number of alkyl halides is 3. The lowest BCUT2D eigenvalue weighted by molar-refractivity contribution is -0.274. The summed E-state index contributed by atoms with van der Waals surface area (Å²) in [6.07, 6.45) is 1.87. The molecule has 1 aliphatic carbocycles. The second kappa shape index (κ2) is 4.47. The normalized spacial score (nSPS) is 17.2. The molecule has 0 radical (unpaired) electrons. The summed E-state index contributed by atoms with van der Waals surface area (Å²) in [5.41, 5.74) is 0.814. The van der Waals surface area contributed by atoms with Gasteiger partial charge in [0, 0.05) is 18.3 Å². The van der Waals surface area contributed by atoms with E-state index in [0.29, 0.717) is 6.04 Å². The fraction of sp³-hybridized carbons (Fsp3) is 0.429. The smallest absolute Gasteiger partial charge is 0.406 e. The number of halogens is 3. The van der Waals surface area contributed by atoms with Gasteiger partial charge in [0.1, 0.15) is 5.75 Å². The van der Waals surface area contributed by atoms with Gasteiger partial charge in [-0.2, -0.15) is 0 Å². The standard InChI is InChI=1S/C14H14F3NO/c15-14(16,17)19-12-6-5-10-7-8-18(13(10)9-12)11-3-1-2-4-11/h5-9,11H,1-4H2. The van der Waals surface area contributed by atoms with E-state index in [-0.39, 0.29) is 5.75 Å². The van der Waals surface area contributed by atoms with Gasteiger partial charge >= 0.3 is 6.36 Å². The Balaban J connectivity index is 1.98. The summed E-state index contributed by atoms with van der Waals surface area (Å²) < 4.78 is 42.8. The van der Waals surface area contributed by atoms with E-state index >= 15 is 0 Å². The largest absolute Gasteiger partial charge is 0.573 e. The van der Waals surface area contributed by atoms with Gasteiger partial charge in [-0.3, -0.25) is 0 Å². The lowest BCUT2D eigenvalue weighted by atomic mass is 10.2. The predicted octanol–water partition coefficient (Wildman–Crippen LogP) is 4.66. The molecule has 3 rings (SSSR count). The highest BCUT2D eigenvalue weighted by atomic mass is 19.4. The van der Waals surface area contributed by atoms with Crippen LogP contribution in [-0.4, -0.2) is 10.9 Å². The van der Waals surface area contributed by atoms with Crippen LogP contribution in [0, 0.1) is 0 Å². The maximum atomic E-state index is 12.2. The van der Waals surface area contributed by atoms with E-state index in [0.717, 1.165) is 23.7 Å². The van der Waals surface area contributed by atoms with Gasteiger partial charge in [0.05, 0.1) is 5.52 Å². The van der Waals surface area contributed by atoms with Crippen molar-refractivity contribution in [2.45, 2.75) is 38.1 Å². The van der Waals surface area contributed by atoms with Crippen molar-refractivity contribution in [2.75, 3.05) is 0 Å². The molecular formula is C14H14F3NO. The molecule has 0 bridgehead atoms. The molecule has 5 heteroatoms. The molecule has 0 unspecified atom stereocenters. The molecule has 102 valence electrons. The first kappa shape index (κ1) is 12.4. The molecule has 19 heavy (non-hydrogen) atoms. The lowest BCUT2D eigenvalue weighted by Crippen LogP contribution is -2.17. The van der Waals surface area contributed by atoms with Crippen molar-refractivity contribution in [3.63, 3.8) is 0 Å². The van der Waals surface area contributed by atoms with E-state index < -0.39 is 6.36 Å². The molecule has 0 aliphatic heterocycles. The van der Waals surface area contributed by atoms with E-state index in [4.69, 9.17) is 0 Å². The zero-order valence-electron chi connectivity index (χ0n) is 10.3. The first-order chi connectivity index (χ1) is 9.03. The number of aromatic nitrogens is 1. The monoisotopic (exact) mass is 269 g/mol. The average molecular weight is 269 g/mol. The Morgan fingerprint density at radius 1 is 1.11 bits per heavy atom. The molecular weight excluding hydrogens is 255 g/mol. The van der Waals surface area contributed by atoms with Crippen LogP contribution < -0.4 is 4.74 Å². The van der Waals surface area contributed by atoms with Gasteiger partial charge in [-0.15, -0.1) is 13.2 Å². The van der Waals surface area contributed by atoms with Crippen LogP contribution in [0.4, 0.5) is 13.2 Å². The molecule has 0 atom stereocenters. The quantitative estimate of drug-likeness (QED) is 0.773. The molecule has 0 amide bonds. The number of benzene rings is 1. The van der Waals surface area contributed by atoms with Gasteiger partial charge in [0.15, 0.2) is 0 Å². The number of nitrogens with zero attached hydrogens (tertiary/aromatic N) is 1. The fourth-order valence-electron chi connectivity index (χ4n) is 2.83. The molecule has 1 heterocycles. The Labute approximate surface area is 108 Å². The summed E-state index contributed by atoms with van der Waals surface area (Å²) in [7, 11) is 0. The average Bonchev–Trinajstić information content (AvgIpc) is 2.93. The highest BCUT2D eigenvalue weighted by molar-refractivity contribution is 5.81. The molecule has 2 nitrogen and oxygen atoms in total. The summed E-state index contributed by atoms with van der Waals surface area (Å²) in [5, 5.41) is 0.946. The minimum Gasteiger partial charge on any atom is -0.406 e. The van der Waals surface area contributed by atoms with Gasteiger partial charge in [0.25, 0.3) is 0 Å². The van der Waals surface area contributed by atoms with Crippen molar-refractivity contribution < 1.29 is 17.9 Å². The van der Waals surface area contributed by atoms with Gasteiger partial charge in [0.2, 0.25) is 0 Å². The van der Waals surface area contributed by atoms with Gasteiger partial charge in [-0.25, -0.2) is 0 Å². The third-order valence-electron chi connectivity index (χ3n) is 3.65. The SMILES string of the molecule is FC(F)(F)Oc1ccc2ccn(C3CCCC3)c2c1. The Hall–Kier alpha value is -1.65.